The second kappa shape index (κ2) is 6.32. The molecule has 0 heterocycles. The standard InChI is InChI=1S/C11H13Cl4N/c1-11(6-12,7-13)16-5-8-2-3-9(14)4-10(8)15/h2-4,16H,5-7H2,1H3. The average molecular weight is 301 g/mol. The first-order valence-corrected chi connectivity index (χ1v) is 6.64. The fourth-order valence-electron chi connectivity index (χ4n) is 1.10. The lowest BCUT2D eigenvalue weighted by Crippen LogP contribution is -2.45. The summed E-state index contributed by atoms with van der Waals surface area (Å²) < 4.78 is 0. The van der Waals surface area contributed by atoms with Crippen molar-refractivity contribution < 1.29 is 0 Å². The van der Waals surface area contributed by atoms with Crippen molar-refractivity contribution in [2.75, 3.05) is 11.8 Å². The summed E-state index contributed by atoms with van der Waals surface area (Å²) in [4.78, 5) is 0. The predicted octanol–water partition coefficient (Wildman–Crippen LogP) is 4.32. The monoisotopic (exact) mass is 299 g/mol. The Labute approximate surface area is 116 Å². The lowest BCUT2D eigenvalue weighted by molar-refractivity contribution is 0.435. The number of hydrogen-bond acceptors (Lipinski definition) is 1. The van der Waals surface area contributed by atoms with Crippen LogP contribution in [0.5, 0.6) is 0 Å². The highest BCUT2D eigenvalue weighted by molar-refractivity contribution is 6.35. The smallest absolute Gasteiger partial charge is 0.0465 e. The third-order valence-corrected chi connectivity index (χ3v) is 4.08. The van der Waals surface area contributed by atoms with Crippen molar-refractivity contribution in [1.29, 1.82) is 0 Å². The van der Waals surface area contributed by atoms with Crippen LogP contribution in [0.3, 0.4) is 0 Å². The lowest BCUT2D eigenvalue weighted by atomic mass is 10.1. The molecule has 0 spiro atoms. The van der Waals surface area contributed by atoms with Crippen molar-refractivity contribution in [3.8, 4) is 0 Å². The molecule has 0 saturated carbocycles. The summed E-state index contributed by atoms with van der Waals surface area (Å²) in [6, 6.07) is 5.42. The maximum Gasteiger partial charge on any atom is 0.0465 e. The van der Waals surface area contributed by atoms with Crippen molar-refractivity contribution in [1.82, 2.24) is 5.32 Å². The third-order valence-electron chi connectivity index (χ3n) is 2.31. The van der Waals surface area contributed by atoms with Crippen LogP contribution in [0, 0.1) is 0 Å². The van der Waals surface area contributed by atoms with Crippen LogP contribution in [-0.2, 0) is 6.54 Å². The van der Waals surface area contributed by atoms with E-state index in [-0.39, 0.29) is 5.54 Å². The zero-order valence-corrected chi connectivity index (χ0v) is 11.9. The molecule has 1 rings (SSSR count). The van der Waals surface area contributed by atoms with E-state index in [1.54, 1.807) is 6.07 Å². The molecule has 0 unspecified atom stereocenters. The average Bonchev–Trinajstić information content (AvgIpc) is 2.27. The van der Waals surface area contributed by atoms with E-state index >= 15 is 0 Å². The zero-order chi connectivity index (χ0) is 12.2. The Balaban J connectivity index is 2.67. The fourth-order valence-corrected chi connectivity index (χ4v) is 2.05. The van der Waals surface area contributed by atoms with Crippen molar-refractivity contribution in [2.24, 2.45) is 0 Å². The molecule has 1 aromatic rings. The molecule has 1 aromatic carbocycles. The lowest BCUT2D eigenvalue weighted by Gasteiger charge is -2.26. The summed E-state index contributed by atoms with van der Waals surface area (Å²) in [5.74, 6) is 0.892. The van der Waals surface area contributed by atoms with Crippen LogP contribution >= 0.6 is 46.4 Å². The minimum absolute atomic E-state index is 0.286. The van der Waals surface area contributed by atoms with Gasteiger partial charge in [-0.05, 0) is 24.6 Å². The van der Waals surface area contributed by atoms with E-state index in [9.17, 15) is 0 Å². The number of alkyl halides is 2. The van der Waals surface area contributed by atoms with Crippen LogP contribution in [-0.4, -0.2) is 17.3 Å². The molecule has 1 N–H and O–H groups in total. The Morgan fingerprint density at radius 2 is 1.81 bits per heavy atom. The molecule has 90 valence electrons. The molecule has 0 amide bonds. The molecule has 0 aliphatic carbocycles. The van der Waals surface area contributed by atoms with Gasteiger partial charge < -0.3 is 5.32 Å². The van der Waals surface area contributed by atoms with Gasteiger partial charge in [0.05, 0.1) is 0 Å². The van der Waals surface area contributed by atoms with Gasteiger partial charge >= 0.3 is 0 Å². The van der Waals surface area contributed by atoms with Crippen molar-refractivity contribution in [3.63, 3.8) is 0 Å². The van der Waals surface area contributed by atoms with Crippen LogP contribution in [0.15, 0.2) is 18.2 Å². The van der Waals surface area contributed by atoms with Crippen molar-refractivity contribution in [3.05, 3.63) is 33.8 Å². The SMILES string of the molecule is CC(CCl)(CCl)NCc1ccc(Cl)cc1Cl. The summed E-state index contributed by atoms with van der Waals surface area (Å²) in [6.07, 6.45) is 0. The molecular formula is C11H13Cl4N. The fraction of sp³-hybridized carbons (Fsp3) is 0.455. The van der Waals surface area contributed by atoms with Crippen molar-refractivity contribution >= 4 is 46.4 Å². The maximum absolute atomic E-state index is 6.05. The first-order valence-electron chi connectivity index (χ1n) is 4.81. The zero-order valence-electron chi connectivity index (χ0n) is 8.87. The minimum Gasteiger partial charge on any atom is -0.305 e. The van der Waals surface area contributed by atoms with Gasteiger partial charge in [0.25, 0.3) is 0 Å². The molecule has 0 aliphatic rings. The molecule has 0 saturated heterocycles. The van der Waals surface area contributed by atoms with Crippen LogP contribution in [0.25, 0.3) is 0 Å². The van der Waals surface area contributed by atoms with Gasteiger partial charge in [-0.25, -0.2) is 0 Å². The Kier molecular flexibility index (Phi) is 5.69. The molecule has 0 aromatic heterocycles. The molecule has 5 heteroatoms. The first-order chi connectivity index (χ1) is 7.50. The van der Waals surface area contributed by atoms with Crippen LogP contribution in [0.2, 0.25) is 10.0 Å². The Bertz CT molecular complexity index is 350. The van der Waals surface area contributed by atoms with Gasteiger partial charge in [-0.3, -0.25) is 0 Å². The number of hydrogen-bond donors (Lipinski definition) is 1. The first kappa shape index (κ1) is 14.4. The second-order valence-corrected chi connectivity index (χ2v) is 5.30. The van der Waals surface area contributed by atoms with Gasteiger partial charge in [0.2, 0.25) is 0 Å². The van der Waals surface area contributed by atoms with E-state index in [0.717, 1.165) is 5.56 Å². The number of benzene rings is 1. The molecule has 0 fully saturated rings. The second-order valence-electron chi connectivity index (χ2n) is 3.92. The van der Waals surface area contributed by atoms with E-state index < -0.39 is 0 Å². The van der Waals surface area contributed by atoms with Crippen LogP contribution < -0.4 is 5.32 Å². The van der Waals surface area contributed by atoms with E-state index in [2.05, 4.69) is 5.32 Å². The molecule has 16 heavy (non-hydrogen) atoms. The van der Waals surface area contributed by atoms with Gasteiger partial charge in [-0.2, -0.15) is 0 Å². The van der Waals surface area contributed by atoms with E-state index in [1.165, 1.54) is 0 Å². The van der Waals surface area contributed by atoms with Crippen LogP contribution in [0.4, 0.5) is 0 Å². The summed E-state index contributed by atoms with van der Waals surface area (Å²) in [5.41, 5.74) is 0.694. The number of nitrogens with one attached hydrogen (secondary N) is 1. The highest BCUT2D eigenvalue weighted by Gasteiger charge is 2.21. The molecule has 0 radical (unpaired) electrons. The van der Waals surface area contributed by atoms with E-state index in [0.29, 0.717) is 28.4 Å². The molecule has 0 bridgehead atoms. The normalized spacial score (nSPS) is 11.8. The minimum atomic E-state index is -0.286. The summed E-state index contributed by atoms with van der Waals surface area (Å²) >= 11 is 23.5. The van der Waals surface area contributed by atoms with Crippen molar-refractivity contribution in [2.45, 2.75) is 19.0 Å². The molecular weight excluding hydrogens is 288 g/mol. The quantitative estimate of drug-likeness (QED) is 0.799. The molecule has 0 atom stereocenters. The van der Waals surface area contributed by atoms with Gasteiger partial charge in [-0.15, -0.1) is 23.2 Å². The number of halogens is 4. The highest BCUT2D eigenvalue weighted by atomic mass is 35.5. The third kappa shape index (κ3) is 3.97. The Morgan fingerprint density at radius 3 is 2.31 bits per heavy atom. The van der Waals surface area contributed by atoms with Crippen LogP contribution in [0.1, 0.15) is 12.5 Å². The Morgan fingerprint density at radius 1 is 1.19 bits per heavy atom. The summed E-state index contributed by atoms with van der Waals surface area (Å²) in [6.45, 7) is 2.59. The Hall–Kier alpha value is 0.340. The largest absolute Gasteiger partial charge is 0.305 e. The molecule has 1 nitrogen and oxygen atoms in total. The van der Waals surface area contributed by atoms with Gasteiger partial charge in [0.1, 0.15) is 0 Å². The maximum atomic E-state index is 6.05. The summed E-state index contributed by atoms with van der Waals surface area (Å²) in [5, 5.41) is 4.56. The topological polar surface area (TPSA) is 12.0 Å². The van der Waals surface area contributed by atoms with E-state index in [4.69, 9.17) is 46.4 Å². The highest BCUT2D eigenvalue weighted by Crippen LogP contribution is 2.21. The number of rotatable bonds is 5. The predicted molar refractivity (Wildman–Crippen MR) is 73.1 cm³/mol. The van der Waals surface area contributed by atoms with Gasteiger partial charge in [0.15, 0.2) is 0 Å². The van der Waals surface area contributed by atoms with Gasteiger partial charge in [-0.1, -0.05) is 29.3 Å². The summed E-state index contributed by atoms with van der Waals surface area (Å²) in [7, 11) is 0. The molecule has 0 aliphatic heterocycles. The van der Waals surface area contributed by atoms with E-state index in [1.807, 2.05) is 19.1 Å². The van der Waals surface area contributed by atoms with Gasteiger partial charge in [0, 0.05) is 33.9 Å².